The molecule has 20 heavy (non-hydrogen) atoms. The fraction of sp³-hybridized carbons (Fsp3) is 0.0667. The summed E-state index contributed by atoms with van der Waals surface area (Å²) in [6.07, 6.45) is 0. The fourth-order valence-electron chi connectivity index (χ4n) is 1.63. The first kappa shape index (κ1) is 13.4. The lowest BCUT2D eigenvalue weighted by Crippen LogP contribution is -2.10. The Kier molecular flexibility index (Phi) is 3.87. The summed E-state index contributed by atoms with van der Waals surface area (Å²) in [7, 11) is 1.48. The normalized spacial score (nSPS) is 9.60. The molecule has 0 aliphatic carbocycles. The number of carbonyl (C=O) groups excluding carboxylic acids is 1. The molecule has 0 radical (unpaired) electrons. The highest BCUT2D eigenvalue weighted by molar-refractivity contribution is 5.93. The van der Waals surface area contributed by atoms with Gasteiger partial charge in [0.1, 0.15) is 5.75 Å². The van der Waals surface area contributed by atoms with Crippen LogP contribution in [0.25, 0.3) is 0 Å². The Morgan fingerprint density at radius 3 is 2.40 bits per heavy atom. The monoisotopic (exact) mass is 268 g/mol. The van der Waals surface area contributed by atoms with Gasteiger partial charge >= 0.3 is 0 Å². The van der Waals surface area contributed by atoms with Crippen molar-refractivity contribution in [2.24, 2.45) is 5.73 Å². The topological polar surface area (TPSA) is 85.3 Å². The molecule has 1 amide bonds. The SMILES string of the molecule is COc1cc(C(N)=O)ccc1Oc1ccc(C#N)cc1. The van der Waals surface area contributed by atoms with E-state index < -0.39 is 5.91 Å². The Bertz CT molecular complexity index is 673. The van der Waals surface area contributed by atoms with Crippen LogP contribution >= 0.6 is 0 Å². The Morgan fingerprint density at radius 1 is 1.15 bits per heavy atom. The molecule has 0 spiro atoms. The molecule has 2 aromatic rings. The van der Waals surface area contributed by atoms with E-state index in [1.165, 1.54) is 13.2 Å². The number of hydrogen-bond donors (Lipinski definition) is 1. The zero-order valence-electron chi connectivity index (χ0n) is 10.8. The summed E-state index contributed by atoms with van der Waals surface area (Å²) in [5.74, 6) is 0.898. The molecule has 0 fully saturated rings. The zero-order chi connectivity index (χ0) is 14.5. The van der Waals surface area contributed by atoms with E-state index in [0.717, 1.165) is 0 Å². The van der Waals surface area contributed by atoms with E-state index in [2.05, 4.69) is 0 Å². The highest BCUT2D eigenvalue weighted by Crippen LogP contribution is 2.32. The van der Waals surface area contributed by atoms with E-state index in [1.807, 2.05) is 6.07 Å². The van der Waals surface area contributed by atoms with Crippen molar-refractivity contribution in [3.63, 3.8) is 0 Å². The first-order valence-corrected chi connectivity index (χ1v) is 5.80. The quantitative estimate of drug-likeness (QED) is 0.922. The molecule has 0 saturated carbocycles. The largest absolute Gasteiger partial charge is 0.493 e. The van der Waals surface area contributed by atoms with E-state index in [0.29, 0.717) is 28.4 Å². The van der Waals surface area contributed by atoms with E-state index >= 15 is 0 Å². The number of primary amides is 1. The van der Waals surface area contributed by atoms with Crippen LogP contribution in [0.3, 0.4) is 0 Å². The fourth-order valence-corrected chi connectivity index (χ4v) is 1.63. The van der Waals surface area contributed by atoms with Gasteiger partial charge in [0.25, 0.3) is 0 Å². The molecule has 2 aromatic carbocycles. The summed E-state index contributed by atoms with van der Waals surface area (Å²) in [6.45, 7) is 0. The number of rotatable bonds is 4. The predicted molar refractivity (Wildman–Crippen MR) is 72.7 cm³/mol. The van der Waals surface area contributed by atoms with Gasteiger partial charge in [0.2, 0.25) is 5.91 Å². The minimum absolute atomic E-state index is 0.342. The second-order valence-corrected chi connectivity index (χ2v) is 3.97. The van der Waals surface area contributed by atoms with Crippen molar-refractivity contribution in [1.82, 2.24) is 0 Å². The minimum Gasteiger partial charge on any atom is -0.493 e. The summed E-state index contributed by atoms with van der Waals surface area (Å²) in [5, 5.41) is 8.73. The minimum atomic E-state index is -0.534. The van der Waals surface area contributed by atoms with Crippen molar-refractivity contribution < 1.29 is 14.3 Å². The summed E-state index contributed by atoms with van der Waals surface area (Å²) in [5.41, 5.74) is 6.10. The molecule has 0 aromatic heterocycles. The van der Waals surface area contributed by atoms with Crippen LogP contribution in [0.4, 0.5) is 0 Å². The molecule has 2 N–H and O–H groups in total. The summed E-state index contributed by atoms with van der Waals surface area (Å²) in [4.78, 5) is 11.1. The van der Waals surface area contributed by atoms with Crippen molar-refractivity contribution in [3.05, 3.63) is 53.6 Å². The smallest absolute Gasteiger partial charge is 0.248 e. The van der Waals surface area contributed by atoms with Crippen molar-refractivity contribution in [1.29, 1.82) is 5.26 Å². The third-order valence-electron chi connectivity index (χ3n) is 2.66. The molecule has 0 unspecified atom stereocenters. The van der Waals surface area contributed by atoms with E-state index in [9.17, 15) is 4.79 Å². The molecule has 100 valence electrons. The molecule has 0 saturated heterocycles. The number of carbonyl (C=O) groups is 1. The standard InChI is InChI=1S/C15H12N2O3/c1-19-14-8-11(15(17)18)4-7-13(14)20-12-5-2-10(9-16)3-6-12/h2-8H,1H3,(H2,17,18). The van der Waals surface area contributed by atoms with Gasteiger partial charge < -0.3 is 15.2 Å². The highest BCUT2D eigenvalue weighted by Gasteiger charge is 2.09. The van der Waals surface area contributed by atoms with Gasteiger partial charge in [-0.1, -0.05) is 0 Å². The molecule has 0 aliphatic rings. The Balaban J connectivity index is 2.28. The number of nitriles is 1. The molecular weight excluding hydrogens is 256 g/mol. The predicted octanol–water partition coefficient (Wildman–Crippen LogP) is 2.46. The average molecular weight is 268 g/mol. The molecule has 5 nitrogen and oxygen atoms in total. The van der Waals surface area contributed by atoms with Gasteiger partial charge in [-0.05, 0) is 42.5 Å². The number of amides is 1. The molecule has 0 atom stereocenters. The van der Waals surface area contributed by atoms with Crippen molar-refractivity contribution in [2.45, 2.75) is 0 Å². The van der Waals surface area contributed by atoms with Crippen LogP contribution in [0.15, 0.2) is 42.5 Å². The third kappa shape index (κ3) is 2.87. The number of nitrogens with two attached hydrogens (primary N) is 1. The van der Waals surface area contributed by atoms with Gasteiger partial charge in [0.15, 0.2) is 11.5 Å². The summed E-state index contributed by atoms with van der Waals surface area (Å²) >= 11 is 0. The molecule has 0 bridgehead atoms. The second kappa shape index (κ2) is 5.76. The van der Waals surface area contributed by atoms with Crippen LogP contribution in [0, 0.1) is 11.3 Å². The van der Waals surface area contributed by atoms with Crippen molar-refractivity contribution >= 4 is 5.91 Å². The summed E-state index contributed by atoms with van der Waals surface area (Å²) < 4.78 is 10.8. The van der Waals surface area contributed by atoms with Crippen LogP contribution in [0.1, 0.15) is 15.9 Å². The van der Waals surface area contributed by atoms with Crippen LogP contribution in [-0.4, -0.2) is 13.0 Å². The van der Waals surface area contributed by atoms with Gasteiger partial charge in [0.05, 0.1) is 18.7 Å². The molecular formula is C15H12N2O3. The first-order chi connectivity index (χ1) is 9.63. The first-order valence-electron chi connectivity index (χ1n) is 5.80. The second-order valence-electron chi connectivity index (χ2n) is 3.97. The number of nitrogens with zero attached hydrogens (tertiary/aromatic N) is 1. The van der Waals surface area contributed by atoms with Crippen LogP contribution in [-0.2, 0) is 0 Å². The number of methoxy groups -OCH3 is 1. The van der Waals surface area contributed by atoms with E-state index in [-0.39, 0.29) is 0 Å². The van der Waals surface area contributed by atoms with E-state index in [1.54, 1.807) is 36.4 Å². The Hall–Kier alpha value is -3.00. The molecule has 5 heteroatoms. The van der Waals surface area contributed by atoms with E-state index in [4.69, 9.17) is 20.5 Å². The maximum Gasteiger partial charge on any atom is 0.248 e. The average Bonchev–Trinajstić information content (AvgIpc) is 2.48. The van der Waals surface area contributed by atoms with Gasteiger partial charge in [-0.2, -0.15) is 5.26 Å². The number of ether oxygens (including phenoxy) is 2. The molecule has 2 rings (SSSR count). The maximum absolute atomic E-state index is 11.1. The molecule has 0 aliphatic heterocycles. The van der Waals surface area contributed by atoms with Gasteiger partial charge in [-0.3, -0.25) is 4.79 Å². The van der Waals surface area contributed by atoms with Gasteiger partial charge in [0, 0.05) is 5.56 Å². The lowest BCUT2D eigenvalue weighted by Gasteiger charge is -2.11. The van der Waals surface area contributed by atoms with Crippen molar-refractivity contribution in [3.8, 4) is 23.3 Å². The Labute approximate surface area is 116 Å². The highest BCUT2D eigenvalue weighted by atomic mass is 16.5. The lowest BCUT2D eigenvalue weighted by atomic mass is 10.2. The Morgan fingerprint density at radius 2 is 1.85 bits per heavy atom. The number of hydrogen-bond acceptors (Lipinski definition) is 4. The van der Waals surface area contributed by atoms with Crippen LogP contribution in [0.2, 0.25) is 0 Å². The molecule has 0 heterocycles. The lowest BCUT2D eigenvalue weighted by molar-refractivity contribution is 0.1000. The third-order valence-corrected chi connectivity index (χ3v) is 2.66. The number of benzene rings is 2. The van der Waals surface area contributed by atoms with Crippen LogP contribution in [0.5, 0.6) is 17.2 Å². The zero-order valence-corrected chi connectivity index (χ0v) is 10.8. The van der Waals surface area contributed by atoms with Gasteiger partial charge in [-0.15, -0.1) is 0 Å². The van der Waals surface area contributed by atoms with Crippen molar-refractivity contribution in [2.75, 3.05) is 7.11 Å². The summed E-state index contributed by atoms with van der Waals surface area (Å²) in [6, 6.07) is 13.4. The van der Waals surface area contributed by atoms with Gasteiger partial charge in [-0.25, -0.2) is 0 Å². The maximum atomic E-state index is 11.1. The van der Waals surface area contributed by atoms with Crippen LogP contribution < -0.4 is 15.2 Å².